The Morgan fingerprint density at radius 3 is 2.63 bits per heavy atom. The van der Waals surface area contributed by atoms with Crippen molar-refractivity contribution in [2.45, 2.75) is 19.3 Å². The van der Waals surface area contributed by atoms with Crippen molar-refractivity contribution >= 4 is 5.91 Å². The maximum absolute atomic E-state index is 14.3. The summed E-state index contributed by atoms with van der Waals surface area (Å²) in [5, 5.41) is 2.44. The Balaban J connectivity index is 2.32. The number of aromatic nitrogens is 3. The topological polar surface area (TPSA) is 97.0 Å². The Bertz CT molecular complexity index is 1020. The van der Waals surface area contributed by atoms with Gasteiger partial charge in [-0.05, 0) is 36.8 Å². The van der Waals surface area contributed by atoms with Crippen LogP contribution in [0.25, 0.3) is 0 Å². The second-order valence-electron chi connectivity index (χ2n) is 5.72. The fourth-order valence-electron chi connectivity index (χ4n) is 2.23. The van der Waals surface area contributed by atoms with Gasteiger partial charge < -0.3 is 15.0 Å². The summed E-state index contributed by atoms with van der Waals surface area (Å²) in [6, 6.07) is 1.18. The van der Waals surface area contributed by atoms with Crippen LogP contribution < -0.4 is 10.9 Å². The summed E-state index contributed by atoms with van der Waals surface area (Å²) in [6.07, 6.45) is 1.47. The van der Waals surface area contributed by atoms with Crippen LogP contribution in [0.4, 0.5) is 17.6 Å². The normalized spacial score (nSPS) is 13.2. The summed E-state index contributed by atoms with van der Waals surface area (Å²) in [5.74, 6) is -2.10. The van der Waals surface area contributed by atoms with Crippen molar-refractivity contribution in [2.24, 2.45) is 0 Å². The van der Waals surface area contributed by atoms with Gasteiger partial charge in [0.2, 0.25) is 0 Å². The van der Waals surface area contributed by atoms with Crippen molar-refractivity contribution in [3.63, 3.8) is 0 Å². The number of nitrogens with zero attached hydrogens (tertiary/aromatic N) is 2. The first-order valence-corrected chi connectivity index (χ1v) is 8.35. The minimum absolute atomic E-state index is 0.00972. The molecule has 0 saturated heterocycles. The highest BCUT2D eigenvalue weighted by Crippen LogP contribution is 2.25. The molecule has 30 heavy (non-hydrogen) atoms. The zero-order chi connectivity index (χ0) is 22.3. The van der Waals surface area contributed by atoms with Crippen molar-refractivity contribution in [2.75, 3.05) is 0 Å². The number of allylic oxidation sites excluding steroid dienone is 2. The van der Waals surface area contributed by atoms with Crippen molar-refractivity contribution in [1.29, 1.82) is 0 Å². The van der Waals surface area contributed by atoms with Gasteiger partial charge in [-0.3, -0.25) is 14.6 Å². The van der Waals surface area contributed by atoms with Crippen LogP contribution in [0.2, 0.25) is 0 Å². The number of carbonyl (C=O) groups is 1. The predicted molar refractivity (Wildman–Crippen MR) is 98.4 cm³/mol. The lowest BCUT2D eigenvalue weighted by Crippen LogP contribution is -2.31. The number of pyridine rings is 1. The van der Waals surface area contributed by atoms with Crippen LogP contribution in [0.3, 0.4) is 0 Å². The van der Waals surface area contributed by atoms with E-state index in [0.717, 1.165) is 36.7 Å². The van der Waals surface area contributed by atoms with Crippen LogP contribution in [0.15, 0.2) is 71.7 Å². The first-order chi connectivity index (χ1) is 14.1. The van der Waals surface area contributed by atoms with Gasteiger partial charge in [-0.1, -0.05) is 12.7 Å². The highest BCUT2D eigenvalue weighted by molar-refractivity contribution is 5.92. The Morgan fingerprint density at radius 1 is 1.33 bits per heavy atom. The molecule has 2 aromatic heterocycles. The van der Waals surface area contributed by atoms with E-state index in [1.807, 2.05) is 0 Å². The number of alkyl halides is 3. The van der Waals surface area contributed by atoms with E-state index in [0.29, 0.717) is 0 Å². The quantitative estimate of drug-likeness (QED) is 0.404. The van der Waals surface area contributed by atoms with Crippen molar-refractivity contribution in [1.82, 2.24) is 20.3 Å². The lowest BCUT2D eigenvalue weighted by molar-refractivity contribution is -0.303. The molecule has 158 valence electrons. The number of aromatic amines is 1. The minimum atomic E-state index is -4.90. The molecule has 2 N–H and O–H groups in total. The third-order valence-corrected chi connectivity index (χ3v) is 3.59. The third-order valence-electron chi connectivity index (χ3n) is 3.59. The van der Waals surface area contributed by atoms with Crippen LogP contribution >= 0.6 is 0 Å². The van der Waals surface area contributed by atoms with Crippen LogP contribution in [0.1, 0.15) is 29.1 Å². The molecule has 1 atom stereocenters. The van der Waals surface area contributed by atoms with E-state index in [9.17, 15) is 27.2 Å². The molecule has 2 rings (SSSR count). The molecule has 1 amide bonds. The number of rotatable bonds is 7. The molecule has 0 aromatic carbocycles. The van der Waals surface area contributed by atoms with Crippen LogP contribution in [0, 0.1) is 5.82 Å². The lowest BCUT2D eigenvalue weighted by atomic mass is 10.0. The molecule has 7 nitrogen and oxygen atoms in total. The van der Waals surface area contributed by atoms with Gasteiger partial charge in [0.25, 0.3) is 11.5 Å². The number of halogens is 4. The number of H-pyrrole nitrogens is 1. The molecule has 0 aliphatic heterocycles. The molecule has 0 unspecified atom stereocenters. The van der Waals surface area contributed by atoms with E-state index < -0.39 is 35.4 Å². The molecule has 2 aromatic rings. The van der Waals surface area contributed by atoms with Crippen LogP contribution in [-0.2, 0) is 4.74 Å². The molecule has 0 radical (unpaired) electrons. The van der Waals surface area contributed by atoms with Gasteiger partial charge in [-0.25, -0.2) is 9.37 Å². The van der Waals surface area contributed by atoms with Gasteiger partial charge >= 0.3 is 6.36 Å². The van der Waals surface area contributed by atoms with Crippen molar-refractivity contribution in [3.8, 4) is 0 Å². The van der Waals surface area contributed by atoms with E-state index in [4.69, 9.17) is 0 Å². The molecule has 0 bridgehead atoms. The largest absolute Gasteiger partial charge is 0.573 e. The van der Waals surface area contributed by atoms with Gasteiger partial charge in [-0.2, -0.15) is 0 Å². The number of nitrogens with one attached hydrogen (secondary N) is 2. The maximum Gasteiger partial charge on any atom is 0.573 e. The summed E-state index contributed by atoms with van der Waals surface area (Å²) in [6.45, 7) is 5.01. The van der Waals surface area contributed by atoms with Crippen molar-refractivity contribution < 1.29 is 27.1 Å². The van der Waals surface area contributed by atoms with E-state index >= 15 is 0 Å². The summed E-state index contributed by atoms with van der Waals surface area (Å²) < 4.78 is 55.3. The van der Waals surface area contributed by atoms with E-state index in [1.165, 1.54) is 19.2 Å². The molecule has 0 fully saturated rings. The first kappa shape index (κ1) is 22.5. The Hall–Kier alpha value is -3.76. The molecular formula is C19H16F4N4O3. The molecule has 0 spiro atoms. The number of hydrogen-bond donors (Lipinski definition) is 2. The van der Waals surface area contributed by atoms with E-state index in [-0.39, 0.29) is 17.0 Å². The third kappa shape index (κ3) is 6.40. The molecule has 0 aliphatic carbocycles. The number of amides is 1. The molecule has 11 heteroatoms. The number of carbonyl (C=O) groups excluding carboxylic acids is 1. The lowest BCUT2D eigenvalue weighted by Gasteiger charge is -2.19. The summed E-state index contributed by atoms with van der Waals surface area (Å²) in [7, 11) is 0. The summed E-state index contributed by atoms with van der Waals surface area (Å²) in [4.78, 5) is 33.3. The smallest absolute Gasteiger partial charge is 0.406 e. The fraction of sp³-hybridized carbons (Fsp3) is 0.158. The Labute approximate surface area is 167 Å². The van der Waals surface area contributed by atoms with E-state index in [2.05, 4.69) is 31.6 Å². The molecular weight excluding hydrogens is 408 g/mol. The van der Waals surface area contributed by atoms with Gasteiger partial charge in [0, 0.05) is 12.4 Å². The van der Waals surface area contributed by atoms with Crippen LogP contribution in [-0.4, -0.2) is 27.2 Å². The summed E-state index contributed by atoms with van der Waals surface area (Å²) >= 11 is 0. The van der Waals surface area contributed by atoms with Gasteiger partial charge in [0.15, 0.2) is 0 Å². The Kier molecular flexibility index (Phi) is 7.23. The SMILES string of the molecule is C=C(/C=C\C(=C/C)OC(F)(F)F)[C@H](NC(=O)c1c[nH]c(=O)cn1)c1ncccc1F. The average molecular weight is 424 g/mol. The van der Waals surface area contributed by atoms with Gasteiger partial charge in [0.1, 0.15) is 23.0 Å². The second-order valence-corrected chi connectivity index (χ2v) is 5.72. The zero-order valence-electron chi connectivity index (χ0n) is 15.5. The Morgan fingerprint density at radius 2 is 2.07 bits per heavy atom. The highest BCUT2D eigenvalue weighted by atomic mass is 19.4. The average Bonchev–Trinajstić information content (AvgIpc) is 2.69. The second kappa shape index (κ2) is 9.63. The minimum Gasteiger partial charge on any atom is -0.406 e. The first-order valence-electron chi connectivity index (χ1n) is 8.35. The maximum atomic E-state index is 14.3. The van der Waals surface area contributed by atoms with Gasteiger partial charge in [-0.15, -0.1) is 13.2 Å². The standard InChI is InChI=1S/C19H16F4N4O3/c1-3-12(30-19(21,22)23)7-6-11(2)16(17-13(20)5-4-8-24-17)27-18(29)14-9-26-15(28)10-25-14/h3-10,16H,2H2,1H3,(H,26,28)(H,27,29)/b7-6-,12-3+/t16-/m0/s1. The number of hydrogen-bond acceptors (Lipinski definition) is 5. The van der Waals surface area contributed by atoms with Crippen molar-refractivity contribution in [3.05, 3.63) is 94.4 Å². The van der Waals surface area contributed by atoms with E-state index in [1.54, 1.807) is 0 Å². The monoisotopic (exact) mass is 424 g/mol. The molecule has 0 saturated carbocycles. The summed E-state index contributed by atoms with van der Waals surface area (Å²) in [5.41, 5.74) is -0.920. The zero-order valence-corrected chi connectivity index (χ0v) is 15.5. The fourth-order valence-corrected chi connectivity index (χ4v) is 2.23. The molecule has 2 heterocycles. The van der Waals surface area contributed by atoms with Gasteiger partial charge in [0.05, 0.1) is 12.2 Å². The highest BCUT2D eigenvalue weighted by Gasteiger charge is 2.31. The number of ether oxygens (including phenoxy) is 1. The molecule has 0 aliphatic rings. The van der Waals surface area contributed by atoms with Crippen LogP contribution in [0.5, 0.6) is 0 Å². The predicted octanol–water partition coefficient (Wildman–Crippen LogP) is 3.33.